The van der Waals surface area contributed by atoms with Crippen molar-refractivity contribution in [3.63, 3.8) is 0 Å². The lowest BCUT2D eigenvalue weighted by molar-refractivity contribution is 0.458. The minimum absolute atomic E-state index is 0.556. The maximum Gasteiger partial charge on any atom is 0.226 e. The van der Waals surface area contributed by atoms with Crippen LogP contribution in [0.25, 0.3) is 0 Å². The molecular formula is C14H17N3O. The number of aromatic nitrogens is 2. The summed E-state index contributed by atoms with van der Waals surface area (Å²) in [5.41, 5.74) is 2.20. The molecule has 94 valence electrons. The van der Waals surface area contributed by atoms with Crippen molar-refractivity contribution in [3.05, 3.63) is 41.6 Å². The minimum Gasteiger partial charge on any atom is -0.439 e. The van der Waals surface area contributed by atoms with Crippen molar-refractivity contribution in [3.8, 4) is 11.6 Å². The Hall–Kier alpha value is -2.10. The van der Waals surface area contributed by atoms with Crippen molar-refractivity contribution >= 4 is 5.95 Å². The van der Waals surface area contributed by atoms with E-state index in [1.165, 1.54) is 5.56 Å². The van der Waals surface area contributed by atoms with E-state index in [2.05, 4.69) is 34.3 Å². The molecule has 4 heteroatoms. The third-order valence-corrected chi connectivity index (χ3v) is 2.70. The summed E-state index contributed by atoms with van der Waals surface area (Å²) in [6, 6.07) is 8.04. The van der Waals surface area contributed by atoms with E-state index in [4.69, 9.17) is 4.74 Å². The number of hydrogen-bond donors (Lipinski definition) is 1. The number of aryl methyl sites for hydroxylation is 2. The Morgan fingerprint density at radius 2 is 1.94 bits per heavy atom. The fraction of sp³-hybridized carbons (Fsp3) is 0.286. The molecule has 1 heterocycles. The van der Waals surface area contributed by atoms with Crippen molar-refractivity contribution in [1.82, 2.24) is 9.97 Å². The summed E-state index contributed by atoms with van der Waals surface area (Å²) in [5, 5.41) is 2.90. The molecule has 0 atom stereocenters. The Morgan fingerprint density at radius 1 is 1.22 bits per heavy atom. The lowest BCUT2D eigenvalue weighted by Crippen LogP contribution is -1.99. The van der Waals surface area contributed by atoms with Crippen LogP contribution >= 0.6 is 0 Å². The Labute approximate surface area is 107 Å². The second kappa shape index (κ2) is 5.49. The summed E-state index contributed by atoms with van der Waals surface area (Å²) in [6.07, 6.45) is 2.77. The molecule has 0 fully saturated rings. The van der Waals surface area contributed by atoms with Gasteiger partial charge in [-0.15, -0.1) is 0 Å². The molecule has 18 heavy (non-hydrogen) atoms. The first-order valence-corrected chi connectivity index (χ1v) is 6.01. The molecule has 0 bridgehead atoms. The van der Waals surface area contributed by atoms with Crippen LogP contribution in [0.15, 0.2) is 30.5 Å². The van der Waals surface area contributed by atoms with Gasteiger partial charge in [0.05, 0.1) is 0 Å². The van der Waals surface area contributed by atoms with E-state index in [1.807, 2.05) is 19.1 Å². The molecular weight excluding hydrogens is 226 g/mol. The van der Waals surface area contributed by atoms with Gasteiger partial charge in [-0.05, 0) is 31.0 Å². The second-order valence-corrected chi connectivity index (χ2v) is 4.03. The predicted molar refractivity (Wildman–Crippen MR) is 72.2 cm³/mol. The van der Waals surface area contributed by atoms with E-state index >= 15 is 0 Å². The Morgan fingerprint density at radius 3 is 2.56 bits per heavy atom. The van der Waals surface area contributed by atoms with Crippen LogP contribution in [0.5, 0.6) is 11.6 Å². The van der Waals surface area contributed by atoms with Gasteiger partial charge in [-0.25, -0.2) is 4.98 Å². The number of nitrogens with one attached hydrogen (secondary N) is 1. The van der Waals surface area contributed by atoms with Gasteiger partial charge in [0.2, 0.25) is 11.8 Å². The van der Waals surface area contributed by atoms with Gasteiger partial charge < -0.3 is 10.1 Å². The zero-order chi connectivity index (χ0) is 13.0. The molecule has 0 spiro atoms. The van der Waals surface area contributed by atoms with E-state index in [0.29, 0.717) is 11.8 Å². The summed E-state index contributed by atoms with van der Waals surface area (Å²) >= 11 is 0. The number of anilines is 1. The van der Waals surface area contributed by atoms with Crippen LogP contribution < -0.4 is 10.1 Å². The molecule has 1 aromatic heterocycles. The Balaban J connectivity index is 2.21. The molecule has 2 rings (SSSR count). The molecule has 0 saturated heterocycles. The van der Waals surface area contributed by atoms with Crippen molar-refractivity contribution in [2.45, 2.75) is 20.3 Å². The molecule has 1 aromatic carbocycles. The van der Waals surface area contributed by atoms with Crippen LogP contribution in [-0.4, -0.2) is 17.0 Å². The van der Waals surface area contributed by atoms with E-state index < -0.39 is 0 Å². The monoisotopic (exact) mass is 243 g/mol. The topological polar surface area (TPSA) is 47.0 Å². The number of rotatable bonds is 4. The standard InChI is InChI=1S/C14H17N3O/c1-4-11-5-7-12(8-6-11)18-13-10(2)9-16-14(15-3)17-13/h5-9H,4H2,1-3H3,(H,15,16,17). The molecule has 2 aromatic rings. The molecule has 0 saturated carbocycles. The SMILES string of the molecule is CCc1ccc(Oc2nc(NC)ncc2C)cc1. The smallest absolute Gasteiger partial charge is 0.226 e. The largest absolute Gasteiger partial charge is 0.439 e. The van der Waals surface area contributed by atoms with Crippen molar-refractivity contribution < 1.29 is 4.74 Å². The molecule has 0 aliphatic heterocycles. The molecule has 0 unspecified atom stereocenters. The van der Waals surface area contributed by atoms with Gasteiger partial charge in [0.1, 0.15) is 5.75 Å². The highest BCUT2D eigenvalue weighted by Gasteiger charge is 2.05. The van der Waals surface area contributed by atoms with Gasteiger partial charge in [-0.1, -0.05) is 19.1 Å². The molecule has 0 radical (unpaired) electrons. The maximum atomic E-state index is 5.76. The van der Waals surface area contributed by atoms with Gasteiger partial charge in [0.25, 0.3) is 0 Å². The van der Waals surface area contributed by atoms with Gasteiger partial charge >= 0.3 is 0 Å². The lowest BCUT2D eigenvalue weighted by Gasteiger charge is -2.09. The van der Waals surface area contributed by atoms with E-state index in [-0.39, 0.29) is 0 Å². The molecule has 1 N–H and O–H groups in total. The molecule has 0 amide bonds. The highest BCUT2D eigenvalue weighted by molar-refractivity contribution is 5.36. The molecule has 4 nitrogen and oxygen atoms in total. The van der Waals surface area contributed by atoms with Crippen LogP contribution in [0.1, 0.15) is 18.1 Å². The van der Waals surface area contributed by atoms with Crippen LogP contribution in [-0.2, 0) is 6.42 Å². The van der Waals surface area contributed by atoms with Crippen molar-refractivity contribution in [2.75, 3.05) is 12.4 Å². The number of ether oxygens (including phenoxy) is 1. The van der Waals surface area contributed by atoms with Crippen molar-refractivity contribution in [1.29, 1.82) is 0 Å². The predicted octanol–water partition coefficient (Wildman–Crippen LogP) is 3.18. The van der Waals surface area contributed by atoms with Gasteiger partial charge in [0, 0.05) is 18.8 Å². The highest BCUT2D eigenvalue weighted by atomic mass is 16.5. The normalized spacial score (nSPS) is 10.2. The highest BCUT2D eigenvalue weighted by Crippen LogP contribution is 2.23. The van der Waals surface area contributed by atoms with Crippen LogP contribution in [0.3, 0.4) is 0 Å². The number of benzene rings is 1. The second-order valence-electron chi connectivity index (χ2n) is 4.03. The summed E-state index contributed by atoms with van der Waals surface area (Å²) < 4.78 is 5.76. The first-order valence-electron chi connectivity index (χ1n) is 6.01. The fourth-order valence-corrected chi connectivity index (χ4v) is 1.56. The van der Waals surface area contributed by atoms with Crippen LogP contribution in [0.2, 0.25) is 0 Å². The molecule has 0 aliphatic carbocycles. The first kappa shape index (κ1) is 12.4. The third kappa shape index (κ3) is 2.77. The Bertz CT molecular complexity index is 523. The van der Waals surface area contributed by atoms with Crippen LogP contribution in [0, 0.1) is 6.92 Å². The Kier molecular flexibility index (Phi) is 3.77. The first-order chi connectivity index (χ1) is 8.72. The third-order valence-electron chi connectivity index (χ3n) is 2.70. The van der Waals surface area contributed by atoms with Crippen LogP contribution in [0.4, 0.5) is 5.95 Å². The average molecular weight is 243 g/mol. The van der Waals surface area contributed by atoms with E-state index in [0.717, 1.165) is 17.7 Å². The molecule has 0 aliphatic rings. The van der Waals surface area contributed by atoms with Gasteiger partial charge in [-0.3, -0.25) is 0 Å². The van der Waals surface area contributed by atoms with E-state index in [9.17, 15) is 0 Å². The minimum atomic E-state index is 0.556. The van der Waals surface area contributed by atoms with Gasteiger partial charge in [0.15, 0.2) is 0 Å². The number of nitrogens with zero attached hydrogens (tertiary/aromatic N) is 2. The van der Waals surface area contributed by atoms with E-state index in [1.54, 1.807) is 13.2 Å². The lowest BCUT2D eigenvalue weighted by atomic mass is 10.2. The van der Waals surface area contributed by atoms with Crippen molar-refractivity contribution in [2.24, 2.45) is 0 Å². The quantitative estimate of drug-likeness (QED) is 0.895. The zero-order valence-electron chi connectivity index (χ0n) is 10.9. The summed E-state index contributed by atoms with van der Waals surface area (Å²) in [4.78, 5) is 8.41. The summed E-state index contributed by atoms with van der Waals surface area (Å²) in [7, 11) is 1.78. The maximum absolute atomic E-state index is 5.76. The number of hydrogen-bond acceptors (Lipinski definition) is 4. The zero-order valence-corrected chi connectivity index (χ0v) is 10.9. The summed E-state index contributed by atoms with van der Waals surface area (Å²) in [5.74, 6) is 1.93. The fourth-order valence-electron chi connectivity index (χ4n) is 1.56. The van der Waals surface area contributed by atoms with Gasteiger partial charge in [-0.2, -0.15) is 4.98 Å². The average Bonchev–Trinajstić information content (AvgIpc) is 2.42. The summed E-state index contributed by atoms with van der Waals surface area (Å²) in [6.45, 7) is 4.05.